The molecule has 0 aliphatic rings. The summed E-state index contributed by atoms with van der Waals surface area (Å²) in [5.41, 5.74) is 0. The topological polar surface area (TPSA) is 0 Å². The summed E-state index contributed by atoms with van der Waals surface area (Å²) in [5, 5.41) is 0. The van der Waals surface area contributed by atoms with Crippen LogP contribution in [0, 0.1) is 0 Å². The van der Waals surface area contributed by atoms with Crippen LogP contribution in [0.25, 0.3) is 0 Å². The van der Waals surface area contributed by atoms with Gasteiger partial charge in [-0.1, -0.05) is 0 Å². The lowest BCUT2D eigenvalue weighted by Crippen LogP contribution is -0.381. The van der Waals surface area contributed by atoms with E-state index in [9.17, 15) is 0 Å². The van der Waals surface area contributed by atoms with Crippen LogP contribution in [-0.2, 0) is 0 Å². The second-order valence-electron chi connectivity index (χ2n) is 0. The van der Waals surface area contributed by atoms with Crippen molar-refractivity contribution in [3.8, 4) is 0 Å². The van der Waals surface area contributed by atoms with Crippen LogP contribution >= 0.6 is 29.7 Å². The van der Waals surface area contributed by atoms with E-state index in [1.165, 1.54) is 0 Å². The molecule has 0 saturated heterocycles. The van der Waals surface area contributed by atoms with E-state index in [1.54, 1.807) is 0 Å². The molecular formula is H11MgP3. The van der Waals surface area contributed by atoms with Gasteiger partial charge in [0.2, 0.25) is 0 Å². The molecule has 3 atom stereocenters. The van der Waals surface area contributed by atoms with E-state index in [-0.39, 0.29) is 52.7 Å². The molecule has 0 heterocycles. The molecule has 28 valence electrons. The molecule has 0 saturated carbocycles. The number of hydrogen-bond acceptors (Lipinski definition) is 0. The van der Waals surface area contributed by atoms with Gasteiger partial charge in [0.1, 0.15) is 0 Å². The quantitative estimate of drug-likeness (QED) is 0.298. The fourth-order valence-corrected chi connectivity index (χ4v) is 0. The summed E-state index contributed by atoms with van der Waals surface area (Å²) in [5.74, 6) is 0. The molecule has 4 heteroatoms. The van der Waals surface area contributed by atoms with E-state index >= 15 is 0 Å². The van der Waals surface area contributed by atoms with Gasteiger partial charge in [-0.3, -0.25) is 0 Å². The molecule has 0 nitrogen and oxygen atoms in total. The maximum atomic E-state index is 0. The van der Waals surface area contributed by atoms with E-state index in [4.69, 9.17) is 0 Å². The second-order valence-corrected chi connectivity index (χ2v) is 0. The zero-order valence-corrected chi connectivity index (χ0v) is 6.36. The molecule has 0 N–H and O–H groups in total. The molecule has 3 unspecified atom stereocenters. The lowest BCUT2D eigenvalue weighted by Gasteiger charge is -0.154. The third-order valence-electron chi connectivity index (χ3n) is 0. The molecule has 0 radical (unpaired) electrons. The van der Waals surface area contributed by atoms with Crippen LogP contribution in [0.1, 0.15) is 0 Å². The minimum Gasteiger partial charge on any atom is -0.153 e. The Morgan fingerprint density at radius 2 is 0.500 bits per heavy atom. The van der Waals surface area contributed by atoms with Crippen LogP contribution in [0.2, 0.25) is 0 Å². The van der Waals surface area contributed by atoms with Gasteiger partial charge in [0.15, 0.2) is 0 Å². The fourth-order valence-electron chi connectivity index (χ4n) is 0. The summed E-state index contributed by atoms with van der Waals surface area (Å²) in [6, 6.07) is 0. The predicted octanol–water partition coefficient (Wildman–Crippen LogP) is -0.742. The Balaban J connectivity index is 0. The van der Waals surface area contributed by atoms with Gasteiger partial charge in [0.25, 0.3) is 0 Å². The van der Waals surface area contributed by atoms with Gasteiger partial charge in [-0.2, -0.15) is 29.7 Å². The largest absolute Gasteiger partial charge is 0.316 e. The zero-order chi connectivity index (χ0) is 0. The molecule has 0 aromatic rings. The Morgan fingerprint density at radius 3 is 0.500 bits per heavy atom. The lowest BCUT2D eigenvalue weighted by molar-refractivity contribution is 5.75. The average molecular weight is 128 g/mol. The van der Waals surface area contributed by atoms with Gasteiger partial charge >= 0.3 is 23.1 Å². The second kappa shape index (κ2) is 19.7. The maximum Gasteiger partial charge on any atom is 0.316 e. The first-order valence-electron chi connectivity index (χ1n) is 0. The monoisotopic (exact) mass is 128 g/mol. The molecule has 0 spiro atoms. The first kappa shape index (κ1) is 36.6. The first-order chi connectivity index (χ1) is 0. The van der Waals surface area contributed by atoms with Crippen LogP contribution < -0.4 is 0 Å². The SMILES string of the molecule is P.P.P.[MgH2]. The summed E-state index contributed by atoms with van der Waals surface area (Å²) < 4.78 is 0. The van der Waals surface area contributed by atoms with Gasteiger partial charge in [-0.15, -0.1) is 0 Å². The van der Waals surface area contributed by atoms with Gasteiger partial charge in [-0.05, 0) is 0 Å². The summed E-state index contributed by atoms with van der Waals surface area (Å²) in [7, 11) is 0. The van der Waals surface area contributed by atoms with Crippen molar-refractivity contribution in [2.75, 3.05) is 0 Å². The molecular weight excluding hydrogens is 117 g/mol. The molecule has 0 aliphatic carbocycles. The predicted molar refractivity (Wildman–Crippen MR) is 41.9 cm³/mol. The van der Waals surface area contributed by atoms with E-state index < -0.39 is 0 Å². The normalized spacial score (nSPS) is 0. The third-order valence-corrected chi connectivity index (χ3v) is 0. The van der Waals surface area contributed by atoms with Crippen LogP contribution in [0.5, 0.6) is 0 Å². The van der Waals surface area contributed by atoms with E-state index in [1.807, 2.05) is 0 Å². The van der Waals surface area contributed by atoms with Crippen LogP contribution in [0.4, 0.5) is 0 Å². The molecule has 0 bridgehead atoms. The van der Waals surface area contributed by atoms with Gasteiger partial charge in [0, 0.05) is 0 Å². The average Bonchev–Trinajstić information content (AvgIpc) is 0. The molecule has 0 aliphatic heterocycles. The van der Waals surface area contributed by atoms with Crippen molar-refractivity contribution in [3.05, 3.63) is 0 Å². The van der Waals surface area contributed by atoms with Crippen molar-refractivity contribution in [2.45, 2.75) is 0 Å². The van der Waals surface area contributed by atoms with Crippen molar-refractivity contribution in [2.24, 2.45) is 0 Å². The molecule has 0 aromatic heterocycles. The summed E-state index contributed by atoms with van der Waals surface area (Å²) in [4.78, 5) is 0. The van der Waals surface area contributed by atoms with Crippen molar-refractivity contribution < 1.29 is 0 Å². The van der Waals surface area contributed by atoms with Crippen LogP contribution in [-0.4, -0.2) is 23.1 Å². The highest BCUT2D eigenvalue weighted by Gasteiger charge is 0.316. The molecule has 0 fully saturated rings. The first-order valence-corrected chi connectivity index (χ1v) is 0. The highest BCUT2D eigenvalue weighted by Crippen LogP contribution is 0.863. The Kier molecular flexibility index (Phi) is 180. The van der Waals surface area contributed by atoms with E-state index in [0.29, 0.717) is 0 Å². The molecule has 4 heavy (non-hydrogen) atoms. The lowest BCUT2D eigenvalue weighted by atomic mass is 24.3. The minimum absolute atomic E-state index is 0. The number of rotatable bonds is 0. The van der Waals surface area contributed by atoms with Crippen molar-refractivity contribution in [1.29, 1.82) is 0 Å². The molecule has 0 aromatic carbocycles. The van der Waals surface area contributed by atoms with Crippen LogP contribution in [0.15, 0.2) is 0 Å². The summed E-state index contributed by atoms with van der Waals surface area (Å²) >= 11 is 0. The fraction of sp³-hybridized carbons (Fsp3) is 0. The van der Waals surface area contributed by atoms with Crippen LogP contribution in [0.3, 0.4) is 0 Å². The Bertz CT molecular complexity index is 3.25. The Hall–Kier alpha value is 2.06. The highest BCUT2D eigenvalue weighted by molar-refractivity contribution is 6.92. The smallest absolute Gasteiger partial charge is 0.153 e. The summed E-state index contributed by atoms with van der Waals surface area (Å²) in [6.07, 6.45) is 0. The third kappa shape index (κ3) is 8.96. The standard InChI is InChI=1S/Mg.3H3P.2H/h;3*1H3;;. The van der Waals surface area contributed by atoms with Gasteiger partial charge in [0.05, 0.1) is 0 Å². The molecule has 0 rings (SSSR count). The maximum absolute atomic E-state index is 0. The molecule has 0 amide bonds. The van der Waals surface area contributed by atoms with E-state index in [2.05, 4.69) is 0 Å². The van der Waals surface area contributed by atoms with E-state index in [0.717, 1.165) is 0 Å². The van der Waals surface area contributed by atoms with Crippen molar-refractivity contribution >= 4 is 52.7 Å². The van der Waals surface area contributed by atoms with Gasteiger partial charge in [-0.25, -0.2) is 0 Å². The number of hydrogen-bond donors (Lipinski definition) is 0. The van der Waals surface area contributed by atoms with Gasteiger partial charge < -0.3 is 0 Å². The van der Waals surface area contributed by atoms with Crippen molar-refractivity contribution in [3.63, 3.8) is 0 Å². The minimum atomic E-state index is 0. The summed E-state index contributed by atoms with van der Waals surface area (Å²) in [6.45, 7) is 0. The zero-order valence-electron chi connectivity index (χ0n) is 2.12. The Morgan fingerprint density at radius 1 is 0.500 bits per heavy atom. The highest BCUT2D eigenvalue weighted by atomic mass is 31.0. The Labute approximate surface area is 52.9 Å². The van der Waals surface area contributed by atoms with Crippen molar-refractivity contribution in [1.82, 2.24) is 0 Å².